The van der Waals surface area contributed by atoms with E-state index in [4.69, 9.17) is 0 Å². The lowest BCUT2D eigenvalue weighted by Gasteiger charge is -2.10. The van der Waals surface area contributed by atoms with Crippen LogP contribution in [0.4, 0.5) is 0 Å². The molecule has 120 valence electrons. The van der Waals surface area contributed by atoms with E-state index in [2.05, 4.69) is 21.7 Å². The molecule has 2 heterocycles. The van der Waals surface area contributed by atoms with Crippen LogP contribution in [0.5, 0.6) is 0 Å². The molecule has 1 aliphatic rings. The summed E-state index contributed by atoms with van der Waals surface area (Å²) >= 11 is 1.71. The van der Waals surface area contributed by atoms with Gasteiger partial charge in [0.25, 0.3) is 0 Å². The molecule has 1 aliphatic heterocycles. The first-order valence-corrected chi connectivity index (χ1v) is 8.07. The number of nitrogens with one attached hydrogen (secondary N) is 2. The topological polar surface area (TPSA) is 74.2 Å². The monoisotopic (exact) mass is 341 g/mol. The predicted molar refractivity (Wildman–Crippen MR) is 90.6 cm³/mol. The molecule has 0 radical (unpaired) electrons. The van der Waals surface area contributed by atoms with Gasteiger partial charge in [0.05, 0.1) is 27.4 Å². The van der Waals surface area contributed by atoms with Gasteiger partial charge in [0.2, 0.25) is 5.91 Å². The number of thiazole rings is 1. The first-order chi connectivity index (χ1) is 10.2. The summed E-state index contributed by atoms with van der Waals surface area (Å²) in [4.78, 5) is 16.4. The lowest BCUT2D eigenvalue weighted by Crippen LogP contribution is -2.40. The second-order valence-corrected chi connectivity index (χ2v) is 6.44. The molecule has 7 heteroatoms. The standard InChI is InChI=1S/C15H19N3O2S.ClH/c19-10-8-12(17-9-10)15(20)16-7-3-6-14-18-11-4-1-2-5-13(11)21-14;/h1-2,4-5,10,12,17,19H,3,6-9H2,(H,16,20);1H. The van der Waals surface area contributed by atoms with Gasteiger partial charge in [0.1, 0.15) is 0 Å². The maximum atomic E-state index is 11.8. The van der Waals surface area contributed by atoms with Crippen LogP contribution in [0.15, 0.2) is 24.3 Å². The molecule has 1 aromatic heterocycles. The summed E-state index contributed by atoms with van der Waals surface area (Å²) in [5.41, 5.74) is 1.05. The van der Waals surface area contributed by atoms with Crippen molar-refractivity contribution < 1.29 is 9.90 Å². The average Bonchev–Trinajstić information content (AvgIpc) is 3.09. The largest absolute Gasteiger partial charge is 0.392 e. The fourth-order valence-corrected chi connectivity index (χ4v) is 3.53. The molecule has 1 aromatic carbocycles. The third-order valence-corrected chi connectivity index (χ3v) is 4.73. The van der Waals surface area contributed by atoms with Gasteiger partial charge < -0.3 is 15.7 Å². The minimum atomic E-state index is -0.400. The van der Waals surface area contributed by atoms with E-state index in [-0.39, 0.29) is 24.4 Å². The van der Waals surface area contributed by atoms with Gasteiger partial charge in [-0.15, -0.1) is 23.7 Å². The van der Waals surface area contributed by atoms with E-state index in [0.29, 0.717) is 19.5 Å². The molecule has 1 fully saturated rings. The Labute approximate surface area is 139 Å². The highest BCUT2D eigenvalue weighted by atomic mass is 35.5. The lowest BCUT2D eigenvalue weighted by molar-refractivity contribution is -0.122. The quantitative estimate of drug-likeness (QED) is 0.720. The van der Waals surface area contributed by atoms with Crippen molar-refractivity contribution in [1.29, 1.82) is 0 Å². The van der Waals surface area contributed by atoms with E-state index < -0.39 is 6.10 Å². The number of aliphatic hydroxyl groups excluding tert-OH is 1. The number of hydrogen-bond acceptors (Lipinski definition) is 5. The Balaban J connectivity index is 0.00000176. The Kier molecular flexibility index (Phi) is 6.14. The molecule has 1 saturated heterocycles. The summed E-state index contributed by atoms with van der Waals surface area (Å²) in [7, 11) is 0. The summed E-state index contributed by atoms with van der Waals surface area (Å²) < 4.78 is 1.21. The second kappa shape index (κ2) is 7.87. The van der Waals surface area contributed by atoms with Crippen LogP contribution in [0, 0.1) is 0 Å². The number of benzene rings is 1. The number of β-amino-alcohol motifs (C(OH)–C–C–N with tert-alkyl or cyclic N) is 1. The molecule has 3 N–H and O–H groups in total. The molecular weight excluding hydrogens is 322 g/mol. The molecule has 2 unspecified atom stereocenters. The van der Waals surface area contributed by atoms with Crippen molar-refractivity contribution in [2.24, 2.45) is 0 Å². The zero-order valence-corrected chi connectivity index (χ0v) is 13.8. The minimum absolute atomic E-state index is 0. The van der Waals surface area contributed by atoms with Crippen LogP contribution in [0.2, 0.25) is 0 Å². The number of para-hydroxylation sites is 1. The molecule has 0 aliphatic carbocycles. The van der Waals surface area contributed by atoms with Crippen molar-refractivity contribution >= 4 is 39.9 Å². The number of carbonyl (C=O) groups excluding carboxylic acids is 1. The smallest absolute Gasteiger partial charge is 0.237 e. The van der Waals surface area contributed by atoms with E-state index in [1.165, 1.54) is 4.70 Å². The van der Waals surface area contributed by atoms with Gasteiger partial charge >= 0.3 is 0 Å². The Hall–Kier alpha value is -1.21. The van der Waals surface area contributed by atoms with E-state index in [9.17, 15) is 9.90 Å². The van der Waals surface area contributed by atoms with Crippen LogP contribution >= 0.6 is 23.7 Å². The minimum Gasteiger partial charge on any atom is -0.392 e. The molecule has 22 heavy (non-hydrogen) atoms. The molecule has 0 spiro atoms. The lowest BCUT2D eigenvalue weighted by atomic mass is 10.2. The number of fused-ring (bicyclic) bond motifs is 1. The second-order valence-electron chi connectivity index (χ2n) is 5.32. The van der Waals surface area contributed by atoms with Crippen LogP contribution in [-0.2, 0) is 11.2 Å². The fourth-order valence-electron chi connectivity index (χ4n) is 2.52. The van der Waals surface area contributed by atoms with E-state index in [1.54, 1.807) is 11.3 Å². The van der Waals surface area contributed by atoms with Gasteiger partial charge in [-0.05, 0) is 25.0 Å². The fraction of sp³-hybridized carbons (Fsp3) is 0.467. The normalized spacial score (nSPS) is 20.8. The van der Waals surface area contributed by atoms with Crippen molar-refractivity contribution in [2.75, 3.05) is 13.1 Å². The van der Waals surface area contributed by atoms with Gasteiger partial charge in [-0.1, -0.05) is 12.1 Å². The van der Waals surface area contributed by atoms with Crippen molar-refractivity contribution in [1.82, 2.24) is 15.6 Å². The summed E-state index contributed by atoms with van der Waals surface area (Å²) in [5, 5.41) is 16.4. The molecule has 2 atom stereocenters. The van der Waals surface area contributed by atoms with E-state index >= 15 is 0 Å². The maximum absolute atomic E-state index is 11.8. The number of carbonyl (C=O) groups is 1. The Bertz CT molecular complexity index is 601. The summed E-state index contributed by atoms with van der Waals surface area (Å²) in [6.45, 7) is 1.15. The Morgan fingerprint density at radius 1 is 1.45 bits per heavy atom. The molecule has 3 rings (SSSR count). The van der Waals surface area contributed by atoms with Gasteiger partial charge in [-0.2, -0.15) is 0 Å². The third-order valence-electron chi connectivity index (χ3n) is 3.63. The third kappa shape index (κ3) is 4.16. The highest BCUT2D eigenvalue weighted by Crippen LogP contribution is 2.22. The molecule has 0 bridgehead atoms. The van der Waals surface area contributed by atoms with E-state index in [0.717, 1.165) is 23.4 Å². The number of aliphatic hydroxyl groups is 1. The molecule has 5 nitrogen and oxygen atoms in total. The summed E-state index contributed by atoms with van der Waals surface area (Å²) in [5.74, 6) is -0.0177. The summed E-state index contributed by atoms with van der Waals surface area (Å²) in [6.07, 6.45) is 1.86. The van der Waals surface area contributed by atoms with Crippen molar-refractivity contribution in [2.45, 2.75) is 31.4 Å². The van der Waals surface area contributed by atoms with Crippen LogP contribution in [0.1, 0.15) is 17.8 Å². The molecule has 0 saturated carbocycles. The van der Waals surface area contributed by atoms with Crippen molar-refractivity contribution in [3.05, 3.63) is 29.3 Å². The number of halogens is 1. The predicted octanol–water partition coefficient (Wildman–Crippen LogP) is 1.49. The summed E-state index contributed by atoms with van der Waals surface area (Å²) in [6, 6.07) is 7.87. The van der Waals surface area contributed by atoms with Gasteiger partial charge in [0.15, 0.2) is 0 Å². The SMILES string of the molecule is Cl.O=C(NCCCc1nc2ccccc2s1)C1CC(O)CN1. The maximum Gasteiger partial charge on any atom is 0.237 e. The Morgan fingerprint density at radius 2 is 2.27 bits per heavy atom. The van der Waals surface area contributed by atoms with Gasteiger partial charge in [0, 0.05) is 19.5 Å². The molecular formula is C15H20ClN3O2S. The number of amides is 1. The van der Waals surface area contributed by atoms with Crippen LogP contribution < -0.4 is 10.6 Å². The average molecular weight is 342 g/mol. The number of rotatable bonds is 5. The van der Waals surface area contributed by atoms with Crippen LogP contribution in [-0.4, -0.2) is 41.2 Å². The van der Waals surface area contributed by atoms with Gasteiger partial charge in [-0.25, -0.2) is 4.98 Å². The molecule has 1 amide bonds. The number of nitrogens with zero attached hydrogens (tertiary/aromatic N) is 1. The van der Waals surface area contributed by atoms with E-state index in [1.807, 2.05) is 18.2 Å². The first kappa shape index (κ1) is 17.1. The van der Waals surface area contributed by atoms with Crippen LogP contribution in [0.3, 0.4) is 0 Å². The Morgan fingerprint density at radius 3 is 3.00 bits per heavy atom. The zero-order chi connectivity index (χ0) is 14.7. The van der Waals surface area contributed by atoms with Crippen LogP contribution in [0.25, 0.3) is 10.2 Å². The number of aryl methyl sites for hydroxylation is 1. The van der Waals surface area contributed by atoms with Gasteiger partial charge in [-0.3, -0.25) is 4.79 Å². The zero-order valence-electron chi connectivity index (χ0n) is 12.1. The highest BCUT2D eigenvalue weighted by Gasteiger charge is 2.27. The van der Waals surface area contributed by atoms with Crippen molar-refractivity contribution in [3.8, 4) is 0 Å². The highest BCUT2D eigenvalue weighted by molar-refractivity contribution is 7.18. The van der Waals surface area contributed by atoms with Crippen molar-refractivity contribution in [3.63, 3.8) is 0 Å². The molecule has 2 aromatic rings. The number of aromatic nitrogens is 1. The first-order valence-electron chi connectivity index (χ1n) is 7.26. The number of hydrogen-bond donors (Lipinski definition) is 3.